The highest BCUT2D eigenvalue weighted by molar-refractivity contribution is 5.85. The van der Waals surface area contributed by atoms with Crippen molar-refractivity contribution in [1.29, 1.82) is 0 Å². The maximum absolute atomic E-state index is 13.9. The monoisotopic (exact) mass is 643 g/mol. The zero-order chi connectivity index (χ0) is 32.3. The minimum Gasteiger partial charge on any atom is -0.366 e. The highest BCUT2D eigenvalue weighted by Gasteiger charge is 2.42. The molecule has 240 valence electrons. The Kier molecular flexibility index (Phi) is 7.59. The summed E-state index contributed by atoms with van der Waals surface area (Å²) in [6.45, 7) is -0.722. The molecule has 2 aromatic carbocycles. The lowest BCUT2D eigenvalue weighted by Gasteiger charge is -2.26. The van der Waals surface area contributed by atoms with Gasteiger partial charge in [-0.1, -0.05) is 17.2 Å². The molecule has 0 saturated heterocycles. The molecule has 0 amide bonds. The van der Waals surface area contributed by atoms with Gasteiger partial charge in [0.1, 0.15) is 5.82 Å². The zero-order valence-corrected chi connectivity index (χ0v) is 23.6. The lowest BCUT2D eigenvalue weighted by molar-refractivity contribution is -0.143. The van der Waals surface area contributed by atoms with E-state index >= 15 is 0 Å². The molecular formula is C29H26F9N7. The van der Waals surface area contributed by atoms with Crippen LogP contribution in [0.15, 0.2) is 42.5 Å². The first-order chi connectivity index (χ1) is 21.1. The van der Waals surface area contributed by atoms with Gasteiger partial charge in [0.25, 0.3) is 5.95 Å². The van der Waals surface area contributed by atoms with Crippen molar-refractivity contribution in [2.24, 2.45) is 18.9 Å². The smallest absolute Gasteiger partial charge is 0.366 e. The molecule has 2 aliphatic rings. The Labute approximate surface area is 250 Å². The van der Waals surface area contributed by atoms with Crippen molar-refractivity contribution in [3.8, 4) is 0 Å². The van der Waals surface area contributed by atoms with Gasteiger partial charge in [0, 0.05) is 30.1 Å². The van der Waals surface area contributed by atoms with Gasteiger partial charge in [0.05, 0.1) is 29.3 Å². The van der Waals surface area contributed by atoms with Gasteiger partial charge in [-0.25, -0.2) is 4.98 Å². The molecule has 2 heterocycles. The molecule has 1 N–H and O–H groups in total. The third-order valence-corrected chi connectivity index (χ3v) is 7.96. The van der Waals surface area contributed by atoms with Gasteiger partial charge in [0.15, 0.2) is 0 Å². The topological polar surface area (TPSA) is 71.8 Å². The molecule has 0 radical (unpaired) electrons. The number of hydrogen-bond acceptors (Lipinski definition) is 6. The lowest BCUT2D eigenvalue weighted by Crippen LogP contribution is -2.28. The summed E-state index contributed by atoms with van der Waals surface area (Å²) in [5.41, 5.74) is -4.14. The number of fused-ring (bicyclic) bond motifs is 1. The Bertz CT molecular complexity index is 1660. The van der Waals surface area contributed by atoms with Crippen molar-refractivity contribution in [2.75, 3.05) is 10.2 Å². The molecule has 2 saturated carbocycles. The molecule has 0 unspecified atom stereocenters. The zero-order valence-electron chi connectivity index (χ0n) is 23.6. The van der Waals surface area contributed by atoms with Crippen molar-refractivity contribution in [1.82, 2.24) is 25.2 Å². The number of nitrogens with zero attached hydrogens (tertiary/aromatic N) is 6. The van der Waals surface area contributed by atoms with Crippen LogP contribution in [0.5, 0.6) is 0 Å². The highest BCUT2D eigenvalue weighted by atomic mass is 19.4. The fourth-order valence-electron chi connectivity index (χ4n) is 5.54. The maximum Gasteiger partial charge on any atom is 0.418 e. The second-order valence-corrected chi connectivity index (χ2v) is 11.6. The molecule has 4 aromatic rings. The summed E-state index contributed by atoms with van der Waals surface area (Å²) in [4.78, 5) is 6.82. The predicted octanol–water partition coefficient (Wildman–Crippen LogP) is 7.62. The van der Waals surface area contributed by atoms with E-state index in [2.05, 4.69) is 25.7 Å². The Morgan fingerprint density at radius 3 is 1.98 bits per heavy atom. The largest absolute Gasteiger partial charge is 0.418 e. The number of para-hydroxylation sites is 1. The van der Waals surface area contributed by atoms with Gasteiger partial charge < -0.3 is 10.2 Å². The third kappa shape index (κ3) is 6.93. The van der Waals surface area contributed by atoms with Crippen LogP contribution in [0.3, 0.4) is 0 Å². The standard InChI is InChI=1S/C29H26F9N7/c1-44-42-26(41-43-44)45(13-15-9-20(27(30,31)32)12-21(10-15)28(33,34)35)14-19-11-18-3-2-4-22(29(36,37)38)24(18)40-25(19)39-23(16-5-6-16)17-7-8-17/h2-4,9-12,16-17,23H,5-8,13-14H2,1H3,(H,39,40). The molecule has 16 heteroatoms. The van der Waals surface area contributed by atoms with E-state index in [1.165, 1.54) is 30.1 Å². The highest BCUT2D eigenvalue weighted by Crippen LogP contribution is 2.46. The van der Waals surface area contributed by atoms with Crippen LogP contribution in [-0.4, -0.2) is 31.2 Å². The van der Waals surface area contributed by atoms with Crippen LogP contribution >= 0.6 is 0 Å². The number of benzene rings is 2. The number of alkyl halides is 9. The summed E-state index contributed by atoms with van der Waals surface area (Å²) in [6.07, 6.45) is -11.0. The Morgan fingerprint density at radius 2 is 1.47 bits per heavy atom. The second-order valence-electron chi connectivity index (χ2n) is 11.6. The van der Waals surface area contributed by atoms with Gasteiger partial charge in [-0.05, 0) is 78.6 Å². The molecule has 6 rings (SSSR count). The molecule has 0 bridgehead atoms. The van der Waals surface area contributed by atoms with E-state index in [1.807, 2.05) is 0 Å². The van der Waals surface area contributed by atoms with Crippen LogP contribution < -0.4 is 10.2 Å². The van der Waals surface area contributed by atoms with Crippen LogP contribution in [0.4, 0.5) is 51.3 Å². The number of pyridine rings is 1. The first kappa shape index (κ1) is 30.9. The van der Waals surface area contributed by atoms with Crippen molar-refractivity contribution < 1.29 is 39.5 Å². The fraction of sp³-hybridized carbons (Fsp3) is 0.448. The first-order valence-electron chi connectivity index (χ1n) is 14.1. The lowest BCUT2D eigenvalue weighted by atomic mass is 10.0. The van der Waals surface area contributed by atoms with Gasteiger partial charge in [-0.3, -0.25) is 0 Å². The number of hydrogen-bond donors (Lipinski definition) is 1. The van der Waals surface area contributed by atoms with E-state index in [4.69, 9.17) is 0 Å². The number of rotatable bonds is 9. The molecule has 2 aliphatic carbocycles. The van der Waals surface area contributed by atoms with Crippen LogP contribution in [-0.2, 0) is 38.7 Å². The van der Waals surface area contributed by atoms with Crippen molar-refractivity contribution in [2.45, 2.75) is 63.3 Å². The van der Waals surface area contributed by atoms with Crippen LogP contribution in [0.2, 0.25) is 0 Å². The molecular weight excluding hydrogens is 617 g/mol. The number of anilines is 2. The van der Waals surface area contributed by atoms with E-state index in [9.17, 15) is 39.5 Å². The van der Waals surface area contributed by atoms with E-state index in [0.29, 0.717) is 29.5 Å². The summed E-state index contributed by atoms with van der Waals surface area (Å²) in [5.74, 6) is 0.685. The first-order valence-corrected chi connectivity index (χ1v) is 14.1. The molecule has 7 nitrogen and oxygen atoms in total. The summed E-state index contributed by atoms with van der Waals surface area (Å²) in [6, 6.07) is 6.35. The molecule has 2 aromatic heterocycles. The summed E-state index contributed by atoms with van der Waals surface area (Å²) in [5, 5.41) is 15.3. The minimum absolute atomic E-state index is 0.0346. The molecule has 2 fully saturated rings. The predicted molar refractivity (Wildman–Crippen MR) is 145 cm³/mol. The van der Waals surface area contributed by atoms with Crippen LogP contribution in [0.1, 0.15) is 53.5 Å². The van der Waals surface area contributed by atoms with Crippen LogP contribution in [0.25, 0.3) is 10.9 Å². The molecule has 0 aliphatic heterocycles. The Hall–Kier alpha value is -4.11. The van der Waals surface area contributed by atoms with E-state index in [1.54, 1.807) is 0 Å². The van der Waals surface area contributed by atoms with Gasteiger partial charge in [-0.2, -0.15) is 44.3 Å². The molecule has 0 spiro atoms. The normalized spacial score (nSPS) is 16.1. The number of nitrogens with one attached hydrogen (secondary N) is 1. The van der Waals surface area contributed by atoms with E-state index in [0.717, 1.165) is 36.5 Å². The van der Waals surface area contributed by atoms with E-state index < -0.39 is 41.8 Å². The molecule has 45 heavy (non-hydrogen) atoms. The summed E-state index contributed by atoms with van der Waals surface area (Å²) < 4.78 is 123. The van der Waals surface area contributed by atoms with Gasteiger partial charge in [-0.15, -0.1) is 5.10 Å². The number of tetrazole rings is 1. The third-order valence-electron chi connectivity index (χ3n) is 7.96. The average Bonchev–Trinajstić information content (AvgIpc) is 3.88. The Morgan fingerprint density at radius 1 is 0.844 bits per heavy atom. The van der Waals surface area contributed by atoms with Crippen molar-refractivity contribution in [3.05, 3.63) is 70.3 Å². The second kappa shape index (κ2) is 11.1. The summed E-state index contributed by atoms with van der Waals surface area (Å²) in [7, 11) is 1.43. The minimum atomic E-state index is -5.05. The van der Waals surface area contributed by atoms with Crippen LogP contribution in [0, 0.1) is 11.8 Å². The van der Waals surface area contributed by atoms with Crippen molar-refractivity contribution >= 4 is 22.7 Å². The average molecular weight is 644 g/mol. The Balaban J connectivity index is 1.45. The molecule has 0 atom stereocenters. The van der Waals surface area contributed by atoms with E-state index in [-0.39, 0.29) is 46.9 Å². The summed E-state index contributed by atoms with van der Waals surface area (Å²) >= 11 is 0. The van der Waals surface area contributed by atoms with Gasteiger partial charge >= 0.3 is 18.5 Å². The number of aromatic nitrogens is 5. The van der Waals surface area contributed by atoms with Crippen molar-refractivity contribution in [3.63, 3.8) is 0 Å². The maximum atomic E-state index is 13.9. The fourth-order valence-corrected chi connectivity index (χ4v) is 5.54. The van der Waals surface area contributed by atoms with Gasteiger partial charge in [0.2, 0.25) is 0 Å². The number of aryl methyl sites for hydroxylation is 1. The quantitative estimate of drug-likeness (QED) is 0.189. The number of halogens is 9. The SMILES string of the molecule is Cn1nnc(N(Cc2cc(C(F)(F)F)cc(C(F)(F)F)c2)Cc2cc3cccc(C(F)(F)F)c3nc2NC(C2CC2)C2CC2)n1.